The van der Waals surface area contributed by atoms with Gasteiger partial charge < -0.3 is 14.6 Å². The molecule has 0 aromatic heterocycles. The maximum Gasteiger partial charge on any atom is 0.411 e. The molecule has 6 nitrogen and oxygen atoms in total. The van der Waals surface area contributed by atoms with Crippen LogP contribution in [0.2, 0.25) is 0 Å². The van der Waals surface area contributed by atoms with Crippen molar-refractivity contribution in [2.75, 3.05) is 6.61 Å². The first kappa shape index (κ1) is 15.1. The summed E-state index contributed by atoms with van der Waals surface area (Å²) in [6, 6.07) is -0.993. The largest absolute Gasteiger partial charge is 0.480 e. The normalized spacial score (nSPS) is 30.6. The summed E-state index contributed by atoms with van der Waals surface area (Å²) in [5.41, 5.74) is -0.635. The van der Waals surface area contributed by atoms with Crippen LogP contribution >= 0.6 is 0 Å². The van der Waals surface area contributed by atoms with Crippen molar-refractivity contribution in [3.05, 3.63) is 0 Å². The van der Waals surface area contributed by atoms with Crippen LogP contribution in [0.25, 0.3) is 0 Å². The molecule has 2 fully saturated rings. The van der Waals surface area contributed by atoms with Gasteiger partial charge in [-0.05, 0) is 46.5 Å². The number of hydrogen-bond acceptors (Lipinski definition) is 4. The summed E-state index contributed by atoms with van der Waals surface area (Å²) in [4.78, 5) is 25.1. The highest BCUT2D eigenvalue weighted by molar-refractivity contribution is 5.81. The number of carboxylic acids is 1. The highest BCUT2D eigenvalue weighted by Gasteiger charge is 2.46. The van der Waals surface area contributed by atoms with E-state index in [1.54, 1.807) is 20.8 Å². The Balaban J connectivity index is 2.15. The van der Waals surface area contributed by atoms with E-state index in [1.165, 1.54) is 4.90 Å². The monoisotopic (exact) mass is 285 g/mol. The van der Waals surface area contributed by atoms with Gasteiger partial charge in [-0.3, -0.25) is 4.90 Å². The Morgan fingerprint density at radius 3 is 2.45 bits per heavy atom. The van der Waals surface area contributed by atoms with Crippen molar-refractivity contribution in [1.82, 2.24) is 4.90 Å². The molecule has 2 saturated heterocycles. The van der Waals surface area contributed by atoms with E-state index in [9.17, 15) is 14.7 Å². The molecule has 1 unspecified atom stereocenters. The molecule has 1 amide bonds. The van der Waals surface area contributed by atoms with E-state index >= 15 is 0 Å². The minimum absolute atomic E-state index is 0.0631. The molecule has 20 heavy (non-hydrogen) atoms. The molecule has 0 aromatic rings. The zero-order valence-electron chi connectivity index (χ0n) is 12.3. The molecule has 0 aromatic carbocycles. The van der Waals surface area contributed by atoms with Gasteiger partial charge in [-0.25, -0.2) is 9.59 Å². The van der Waals surface area contributed by atoms with Gasteiger partial charge in [0.15, 0.2) is 0 Å². The number of aliphatic carboxylic acids is 1. The van der Waals surface area contributed by atoms with Gasteiger partial charge >= 0.3 is 12.1 Å². The first-order chi connectivity index (χ1) is 9.29. The van der Waals surface area contributed by atoms with Crippen molar-refractivity contribution in [2.24, 2.45) is 0 Å². The lowest BCUT2D eigenvalue weighted by molar-refractivity contribution is -0.143. The fourth-order valence-corrected chi connectivity index (χ4v) is 2.93. The Morgan fingerprint density at radius 2 is 1.95 bits per heavy atom. The molecule has 2 rings (SSSR count). The number of likely N-dealkylation sites (tertiary alicyclic amines) is 1. The molecule has 2 aliphatic heterocycles. The zero-order chi connectivity index (χ0) is 14.9. The number of ether oxygens (including phenoxy) is 2. The third kappa shape index (κ3) is 3.23. The maximum atomic E-state index is 12.3. The molecule has 0 aliphatic carbocycles. The number of carbonyl (C=O) groups excluding carboxylic acids is 1. The van der Waals surface area contributed by atoms with Gasteiger partial charge in [0.25, 0.3) is 0 Å². The number of rotatable bonds is 2. The molecule has 0 bridgehead atoms. The van der Waals surface area contributed by atoms with Crippen LogP contribution in [0.5, 0.6) is 0 Å². The lowest BCUT2D eigenvalue weighted by Gasteiger charge is -2.33. The minimum Gasteiger partial charge on any atom is -0.480 e. The van der Waals surface area contributed by atoms with Gasteiger partial charge in [-0.1, -0.05) is 0 Å². The van der Waals surface area contributed by atoms with Crippen molar-refractivity contribution in [2.45, 2.75) is 70.2 Å². The third-order valence-electron chi connectivity index (χ3n) is 3.71. The Hall–Kier alpha value is -1.30. The van der Waals surface area contributed by atoms with Crippen molar-refractivity contribution in [3.63, 3.8) is 0 Å². The van der Waals surface area contributed by atoms with E-state index in [4.69, 9.17) is 9.47 Å². The summed E-state index contributed by atoms with van der Waals surface area (Å²) in [5, 5.41) is 9.30. The number of carbonyl (C=O) groups is 2. The van der Waals surface area contributed by atoms with Gasteiger partial charge in [-0.15, -0.1) is 0 Å². The van der Waals surface area contributed by atoms with Gasteiger partial charge in [0, 0.05) is 6.61 Å². The van der Waals surface area contributed by atoms with E-state index in [0.29, 0.717) is 19.4 Å². The van der Waals surface area contributed by atoms with Gasteiger partial charge in [-0.2, -0.15) is 0 Å². The van der Waals surface area contributed by atoms with E-state index in [1.807, 2.05) is 0 Å². The molecule has 0 radical (unpaired) electrons. The summed E-state index contributed by atoms with van der Waals surface area (Å²) in [6.45, 7) is 6.01. The van der Waals surface area contributed by atoms with Gasteiger partial charge in [0.1, 0.15) is 11.6 Å². The van der Waals surface area contributed by atoms with E-state index in [-0.39, 0.29) is 12.1 Å². The molecular formula is C14H23NO5. The number of carboxylic acid groups (broad SMARTS) is 1. The fraction of sp³-hybridized carbons (Fsp3) is 0.857. The summed E-state index contributed by atoms with van der Waals surface area (Å²) in [5.74, 6) is -0.976. The second-order valence-corrected chi connectivity index (χ2v) is 6.44. The van der Waals surface area contributed by atoms with Crippen molar-refractivity contribution in [3.8, 4) is 0 Å². The molecule has 1 N–H and O–H groups in total. The number of nitrogens with zero attached hydrogens (tertiary/aromatic N) is 1. The van der Waals surface area contributed by atoms with Crippen LogP contribution in [0.3, 0.4) is 0 Å². The second kappa shape index (κ2) is 5.60. The zero-order valence-corrected chi connectivity index (χ0v) is 12.3. The van der Waals surface area contributed by atoms with Crippen LogP contribution in [0.15, 0.2) is 0 Å². The van der Waals surface area contributed by atoms with Gasteiger partial charge in [0.05, 0.1) is 12.1 Å². The van der Waals surface area contributed by atoms with Crippen LogP contribution in [0.4, 0.5) is 4.79 Å². The highest BCUT2D eigenvalue weighted by atomic mass is 16.6. The molecule has 2 heterocycles. The molecular weight excluding hydrogens is 262 g/mol. The maximum absolute atomic E-state index is 12.3. The summed E-state index contributed by atoms with van der Waals surface area (Å²) < 4.78 is 11.0. The average molecular weight is 285 g/mol. The highest BCUT2D eigenvalue weighted by Crippen LogP contribution is 2.33. The van der Waals surface area contributed by atoms with Crippen LogP contribution in [-0.2, 0) is 14.3 Å². The quantitative estimate of drug-likeness (QED) is 0.840. The Kier molecular flexibility index (Phi) is 4.22. The average Bonchev–Trinajstić information content (AvgIpc) is 2.95. The SMILES string of the molecule is CC(C)(C)OC(=O)N1[C@@H](C(=O)O)CC[C@H]1C1CCCO1. The third-order valence-corrected chi connectivity index (χ3v) is 3.71. The molecule has 0 saturated carbocycles. The predicted molar refractivity (Wildman–Crippen MR) is 71.5 cm³/mol. The fourth-order valence-electron chi connectivity index (χ4n) is 2.93. The lowest BCUT2D eigenvalue weighted by Crippen LogP contribution is -2.50. The minimum atomic E-state index is -0.976. The van der Waals surface area contributed by atoms with Crippen LogP contribution in [0, 0.1) is 0 Å². The van der Waals surface area contributed by atoms with E-state index in [0.717, 1.165) is 12.8 Å². The first-order valence-corrected chi connectivity index (χ1v) is 7.15. The lowest BCUT2D eigenvalue weighted by atomic mass is 10.1. The Morgan fingerprint density at radius 1 is 1.25 bits per heavy atom. The van der Waals surface area contributed by atoms with Crippen molar-refractivity contribution in [1.29, 1.82) is 0 Å². The number of amides is 1. The molecule has 114 valence electrons. The van der Waals surface area contributed by atoms with Crippen molar-refractivity contribution >= 4 is 12.1 Å². The summed E-state index contributed by atoms with van der Waals surface area (Å²) >= 11 is 0. The first-order valence-electron chi connectivity index (χ1n) is 7.15. The van der Waals surface area contributed by atoms with E-state index < -0.39 is 23.7 Å². The molecule has 6 heteroatoms. The van der Waals surface area contributed by atoms with Crippen LogP contribution < -0.4 is 0 Å². The summed E-state index contributed by atoms with van der Waals surface area (Å²) in [6.07, 6.45) is 2.33. The Bertz CT molecular complexity index is 384. The Labute approximate surface area is 119 Å². The topological polar surface area (TPSA) is 76.1 Å². The molecule has 2 aliphatic rings. The predicted octanol–water partition coefficient (Wildman–Crippen LogP) is 2.02. The van der Waals surface area contributed by atoms with E-state index in [2.05, 4.69) is 0 Å². The van der Waals surface area contributed by atoms with Crippen LogP contribution in [-0.4, -0.2) is 52.5 Å². The summed E-state index contributed by atoms with van der Waals surface area (Å²) in [7, 11) is 0. The standard InChI is InChI=1S/C14H23NO5/c1-14(2,3)20-13(18)15-9(11-5-4-8-19-11)6-7-10(15)12(16)17/h9-11H,4-8H2,1-3H3,(H,16,17)/t9-,10+,11?/m0/s1. The van der Waals surface area contributed by atoms with Crippen molar-refractivity contribution < 1.29 is 24.2 Å². The number of hydrogen-bond donors (Lipinski definition) is 1. The smallest absolute Gasteiger partial charge is 0.411 e. The van der Waals surface area contributed by atoms with Crippen LogP contribution in [0.1, 0.15) is 46.5 Å². The second-order valence-electron chi connectivity index (χ2n) is 6.44. The molecule has 3 atom stereocenters. The molecule has 0 spiro atoms. The van der Waals surface area contributed by atoms with Gasteiger partial charge in [0.2, 0.25) is 0 Å².